The van der Waals surface area contributed by atoms with Gasteiger partial charge in [0.25, 0.3) is 0 Å². The first-order chi connectivity index (χ1) is 12.1. The van der Waals surface area contributed by atoms with Crippen molar-refractivity contribution < 1.29 is 23.9 Å². The minimum atomic E-state index is -1.13. The highest BCUT2D eigenvalue weighted by Crippen LogP contribution is 2.28. The van der Waals surface area contributed by atoms with Crippen molar-refractivity contribution in [1.29, 1.82) is 0 Å². The van der Waals surface area contributed by atoms with Crippen molar-refractivity contribution in [3.8, 4) is 17.0 Å². The molecular weight excluding hydrogens is 331 g/mol. The molecule has 1 amide bonds. The number of rotatable bonds is 6. The minimum Gasteiger partial charge on any atom is -0.487 e. The second-order valence-corrected chi connectivity index (χ2v) is 5.30. The molecule has 0 aliphatic carbocycles. The van der Waals surface area contributed by atoms with Crippen molar-refractivity contribution in [3.63, 3.8) is 0 Å². The van der Waals surface area contributed by atoms with Crippen molar-refractivity contribution in [2.75, 3.05) is 13.2 Å². The lowest BCUT2D eigenvalue weighted by molar-refractivity contribution is 0.0470. The van der Waals surface area contributed by atoms with Gasteiger partial charge in [0, 0.05) is 30.4 Å². The second kappa shape index (κ2) is 7.56. The zero-order chi connectivity index (χ0) is 17.6. The molecule has 130 valence electrons. The van der Waals surface area contributed by atoms with Crippen LogP contribution in [0.3, 0.4) is 0 Å². The third kappa shape index (κ3) is 4.40. The van der Waals surface area contributed by atoms with Crippen LogP contribution in [0.2, 0.25) is 0 Å². The molecule has 1 atom stereocenters. The number of halogens is 1. The van der Waals surface area contributed by atoms with E-state index < -0.39 is 11.9 Å². The topological polar surface area (TPSA) is 106 Å². The maximum atomic E-state index is 13.5. The molecule has 0 saturated carbocycles. The average Bonchev–Trinajstić information content (AvgIpc) is 3.07. The van der Waals surface area contributed by atoms with Crippen LogP contribution in [-0.2, 0) is 4.84 Å². The first-order valence-corrected chi connectivity index (χ1v) is 7.49. The van der Waals surface area contributed by atoms with E-state index in [4.69, 9.17) is 14.7 Å². The van der Waals surface area contributed by atoms with Gasteiger partial charge in [0.05, 0.1) is 18.5 Å². The summed E-state index contributed by atoms with van der Waals surface area (Å²) in [6.07, 6.45) is 3.26. The Hall–Kier alpha value is -3.23. The molecule has 2 aromatic heterocycles. The van der Waals surface area contributed by atoms with Gasteiger partial charge < -0.3 is 20.0 Å². The van der Waals surface area contributed by atoms with Gasteiger partial charge in [-0.25, -0.2) is 14.2 Å². The summed E-state index contributed by atoms with van der Waals surface area (Å²) in [6, 6.07) is 4.79. The molecule has 9 heteroatoms. The maximum absolute atomic E-state index is 13.5. The molecular formula is C16H15FN4O4. The van der Waals surface area contributed by atoms with Crippen LogP contribution in [0.25, 0.3) is 11.3 Å². The molecule has 0 spiro atoms. The number of hydrogen-bond acceptors (Lipinski definition) is 6. The average molecular weight is 346 g/mol. The van der Waals surface area contributed by atoms with Crippen LogP contribution in [0.1, 0.15) is 6.42 Å². The third-order valence-corrected chi connectivity index (χ3v) is 3.42. The Labute approximate surface area is 142 Å². The van der Waals surface area contributed by atoms with E-state index in [2.05, 4.69) is 20.4 Å². The fraction of sp³-hybridized carbons (Fsp3) is 0.250. The summed E-state index contributed by atoms with van der Waals surface area (Å²) < 4.78 is 19.2. The predicted molar refractivity (Wildman–Crippen MR) is 85.9 cm³/mol. The molecule has 25 heavy (non-hydrogen) atoms. The lowest BCUT2D eigenvalue weighted by Gasteiger charge is -2.13. The number of nitrogens with zero attached hydrogens (tertiary/aromatic N) is 3. The van der Waals surface area contributed by atoms with E-state index >= 15 is 0 Å². The van der Waals surface area contributed by atoms with E-state index in [9.17, 15) is 9.18 Å². The van der Waals surface area contributed by atoms with E-state index in [1.165, 1.54) is 6.07 Å². The molecule has 3 rings (SSSR count). The van der Waals surface area contributed by atoms with Crippen LogP contribution < -0.4 is 10.1 Å². The number of ether oxygens (including phenoxy) is 1. The van der Waals surface area contributed by atoms with E-state index in [0.717, 1.165) is 6.20 Å². The van der Waals surface area contributed by atoms with Gasteiger partial charge in [-0.2, -0.15) is 0 Å². The van der Waals surface area contributed by atoms with Gasteiger partial charge >= 0.3 is 6.09 Å². The van der Waals surface area contributed by atoms with Crippen molar-refractivity contribution in [2.24, 2.45) is 5.16 Å². The van der Waals surface area contributed by atoms with Crippen molar-refractivity contribution in [2.45, 2.75) is 12.5 Å². The number of oxime groups is 1. The first-order valence-electron chi connectivity index (χ1n) is 7.49. The second-order valence-electron chi connectivity index (χ2n) is 5.30. The predicted octanol–water partition coefficient (Wildman–Crippen LogP) is 2.07. The maximum Gasteiger partial charge on any atom is 0.404 e. The molecule has 2 N–H and O–H groups in total. The molecule has 0 bridgehead atoms. The summed E-state index contributed by atoms with van der Waals surface area (Å²) in [5, 5.41) is 14.6. The molecule has 0 saturated heterocycles. The molecule has 1 aliphatic rings. The molecule has 0 radical (unpaired) electrons. The van der Waals surface area contributed by atoms with E-state index in [-0.39, 0.29) is 25.0 Å². The van der Waals surface area contributed by atoms with E-state index in [1.807, 2.05) is 0 Å². The Morgan fingerprint density at radius 2 is 2.36 bits per heavy atom. The molecule has 2 aromatic rings. The van der Waals surface area contributed by atoms with Crippen LogP contribution in [0.15, 0.2) is 41.9 Å². The molecule has 0 aromatic carbocycles. The largest absolute Gasteiger partial charge is 0.487 e. The van der Waals surface area contributed by atoms with E-state index in [0.29, 0.717) is 23.4 Å². The van der Waals surface area contributed by atoms with Gasteiger partial charge in [0.1, 0.15) is 23.9 Å². The van der Waals surface area contributed by atoms with Gasteiger partial charge in [0.2, 0.25) is 0 Å². The third-order valence-electron chi connectivity index (χ3n) is 3.42. The number of nitrogens with one attached hydrogen (secondary N) is 1. The number of aromatic nitrogens is 2. The van der Waals surface area contributed by atoms with Gasteiger partial charge in [-0.1, -0.05) is 5.16 Å². The van der Waals surface area contributed by atoms with Gasteiger partial charge in [-0.05, 0) is 12.1 Å². The fourth-order valence-corrected chi connectivity index (χ4v) is 2.29. The van der Waals surface area contributed by atoms with Gasteiger partial charge in [0.15, 0.2) is 6.10 Å². The summed E-state index contributed by atoms with van der Waals surface area (Å²) in [5.41, 5.74) is 1.74. The highest BCUT2D eigenvalue weighted by Gasteiger charge is 2.23. The van der Waals surface area contributed by atoms with Crippen LogP contribution in [0, 0.1) is 5.82 Å². The minimum absolute atomic E-state index is 0.0916. The molecule has 0 fully saturated rings. The van der Waals surface area contributed by atoms with E-state index in [1.54, 1.807) is 24.5 Å². The SMILES string of the molecule is O=C(O)NCC1=NOC(COc2cc(F)cnc2-c2cccnc2)C1. The van der Waals surface area contributed by atoms with Gasteiger partial charge in [-0.15, -0.1) is 0 Å². The Balaban J connectivity index is 1.63. The van der Waals surface area contributed by atoms with Crippen LogP contribution in [0.4, 0.5) is 9.18 Å². The van der Waals surface area contributed by atoms with Crippen molar-refractivity contribution in [3.05, 3.63) is 42.6 Å². The molecule has 1 aliphatic heterocycles. The Kier molecular flexibility index (Phi) is 5.03. The zero-order valence-corrected chi connectivity index (χ0v) is 13.1. The summed E-state index contributed by atoms with van der Waals surface area (Å²) in [4.78, 5) is 23.8. The molecule has 1 unspecified atom stereocenters. The summed E-state index contributed by atoms with van der Waals surface area (Å²) in [5.74, 6) is -0.244. The zero-order valence-electron chi connectivity index (χ0n) is 13.1. The summed E-state index contributed by atoms with van der Waals surface area (Å²) >= 11 is 0. The van der Waals surface area contributed by atoms with Crippen LogP contribution in [-0.4, -0.2) is 46.1 Å². The molecule has 3 heterocycles. The quantitative estimate of drug-likeness (QED) is 0.829. The summed E-state index contributed by atoms with van der Waals surface area (Å²) in [7, 11) is 0. The number of amides is 1. The Bertz CT molecular complexity index is 785. The first kappa shape index (κ1) is 16.6. The van der Waals surface area contributed by atoms with Crippen LogP contribution >= 0.6 is 0 Å². The standard InChI is InChI=1S/C16H15FN4O4/c17-11-4-14(15(19-7-11)10-2-1-3-18-6-10)24-9-13-5-12(21-25-13)8-20-16(22)23/h1-4,6-7,13,20H,5,8-9H2,(H,22,23). The monoisotopic (exact) mass is 346 g/mol. The van der Waals surface area contributed by atoms with Crippen molar-refractivity contribution in [1.82, 2.24) is 15.3 Å². The number of carboxylic acid groups (broad SMARTS) is 1. The fourth-order valence-electron chi connectivity index (χ4n) is 2.29. The lowest BCUT2D eigenvalue weighted by atomic mass is 10.1. The number of carbonyl (C=O) groups is 1. The normalized spacial score (nSPS) is 16.0. The number of hydrogen-bond donors (Lipinski definition) is 2. The highest BCUT2D eigenvalue weighted by molar-refractivity contribution is 5.89. The van der Waals surface area contributed by atoms with Gasteiger partial charge in [-0.3, -0.25) is 4.98 Å². The number of pyridine rings is 2. The Morgan fingerprint density at radius 3 is 3.12 bits per heavy atom. The van der Waals surface area contributed by atoms with Crippen molar-refractivity contribution >= 4 is 11.8 Å². The van der Waals surface area contributed by atoms with Crippen LogP contribution in [0.5, 0.6) is 5.75 Å². The highest BCUT2D eigenvalue weighted by atomic mass is 19.1. The summed E-state index contributed by atoms with van der Waals surface area (Å²) in [6.45, 7) is 0.215. The lowest BCUT2D eigenvalue weighted by Crippen LogP contribution is -2.28. The Morgan fingerprint density at radius 1 is 1.48 bits per heavy atom. The molecule has 8 nitrogen and oxygen atoms in total. The smallest absolute Gasteiger partial charge is 0.404 e.